The molecule has 0 aliphatic heterocycles. The van der Waals surface area contributed by atoms with E-state index in [1.165, 1.54) is 24.3 Å². The molecule has 0 saturated carbocycles. The molecule has 7 rings (SSSR count). The van der Waals surface area contributed by atoms with Crippen LogP contribution in [0.4, 0.5) is 28.4 Å². The van der Waals surface area contributed by atoms with Gasteiger partial charge in [-0.05, 0) is 66.2 Å². The number of benzene rings is 6. The van der Waals surface area contributed by atoms with Crippen LogP contribution in [0.5, 0.6) is 0 Å². The maximum Gasteiger partial charge on any atom is 0.269 e. The maximum absolute atomic E-state index is 11.4. The molecule has 0 N–H and O–H groups in total. The Bertz CT molecular complexity index is 2130. The van der Waals surface area contributed by atoms with Crippen molar-refractivity contribution in [3.63, 3.8) is 0 Å². The summed E-state index contributed by atoms with van der Waals surface area (Å²) < 4.78 is 1.81. The van der Waals surface area contributed by atoms with Crippen molar-refractivity contribution in [3.8, 4) is 22.5 Å². The fourth-order valence-corrected chi connectivity index (χ4v) is 5.82. The summed E-state index contributed by atoms with van der Waals surface area (Å²) in [5, 5.41) is 29.6. The van der Waals surface area contributed by atoms with Crippen LogP contribution in [0.1, 0.15) is 5.56 Å². The topological polar surface area (TPSA) is 107 Å². The first-order valence-corrected chi connectivity index (χ1v) is 15.2. The third kappa shape index (κ3) is 5.79. The molecule has 0 fully saturated rings. The lowest BCUT2D eigenvalue weighted by molar-refractivity contribution is -0.385. The zero-order valence-corrected chi connectivity index (χ0v) is 25.5. The minimum absolute atomic E-state index is 0.0135. The Morgan fingerprint density at radius 2 is 0.896 bits per heavy atom. The van der Waals surface area contributed by atoms with Gasteiger partial charge in [0.05, 0.1) is 27.4 Å². The molecule has 0 radical (unpaired) electrons. The highest BCUT2D eigenvalue weighted by atomic mass is 16.6. The molecule has 0 unspecified atom stereocenters. The zero-order chi connectivity index (χ0) is 33.0. The van der Waals surface area contributed by atoms with Gasteiger partial charge in [-0.1, -0.05) is 72.8 Å². The van der Waals surface area contributed by atoms with Crippen molar-refractivity contribution in [3.05, 3.63) is 184 Å². The van der Waals surface area contributed by atoms with Gasteiger partial charge in [-0.2, -0.15) is 5.10 Å². The number of nitrogens with zero attached hydrogens (tertiary/aromatic N) is 5. The van der Waals surface area contributed by atoms with Gasteiger partial charge in [-0.3, -0.25) is 20.2 Å². The summed E-state index contributed by atoms with van der Waals surface area (Å²) in [7, 11) is 0. The van der Waals surface area contributed by atoms with Crippen molar-refractivity contribution >= 4 is 45.4 Å². The SMILES string of the molecule is O=[N+]([O-])c1ccc(-c2c3ccccc3c(-c3ccc([N+](=O)[O-])cc3)n2N=Cc2ccc(N(c3ccccc3)c3ccccc3)cc2)cc1. The Hall–Kier alpha value is -6.87. The number of nitro groups is 2. The van der Waals surface area contributed by atoms with Crippen molar-refractivity contribution in [1.29, 1.82) is 0 Å². The molecule has 0 amide bonds. The average molecular weight is 630 g/mol. The van der Waals surface area contributed by atoms with E-state index >= 15 is 0 Å². The van der Waals surface area contributed by atoms with E-state index in [9.17, 15) is 20.2 Å². The molecule has 1 aromatic heterocycles. The molecule has 0 aliphatic carbocycles. The van der Waals surface area contributed by atoms with Gasteiger partial charge in [0.2, 0.25) is 0 Å². The maximum atomic E-state index is 11.4. The van der Waals surface area contributed by atoms with Gasteiger partial charge in [0.1, 0.15) is 0 Å². The number of fused-ring (bicyclic) bond motifs is 1. The van der Waals surface area contributed by atoms with Crippen LogP contribution in [0.2, 0.25) is 0 Å². The monoisotopic (exact) mass is 629 g/mol. The quantitative estimate of drug-likeness (QED) is 0.0897. The van der Waals surface area contributed by atoms with Crippen LogP contribution in [-0.2, 0) is 0 Å². The van der Waals surface area contributed by atoms with Gasteiger partial charge in [-0.15, -0.1) is 0 Å². The molecule has 0 atom stereocenters. The molecule has 48 heavy (non-hydrogen) atoms. The smallest absolute Gasteiger partial charge is 0.269 e. The van der Waals surface area contributed by atoms with Crippen LogP contribution >= 0.6 is 0 Å². The standard InChI is InChI=1S/C39H27N5O4/c45-43(46)34-23-17-29(18-24-34)38-36-13-7-8-14-37(36)39(30-19-25-35(26-20-30)44(47)48)42(38)40-27-28-15-21-33(22-16-28)41(31-9-3-1-4-10-31)32-11-5-2-6-12-32/h1-27H. The zero-order valence-electron chi connectivity index (χ0n) is 25.5. The van der Waals surface area contributed by atoms with Crippen LogP contribution in [0.3, 0.4) is 0 Å². The molecule has 0 bridgehead atoms. The molecule has 9 nitrogen and oxygen atoms in total. The van der Waals surface area contributed by atoms with Crippen LogP contribution in [-0.4, -0.2) is 20.7 Å². The second-order valence-electron chi connectivity index (χ2n) is 11.0. The van der Waals surface area contributed by atoms with Crippen LogP contribution in [0.15, 0.2) is 163 Å². The predicted octanol–water partition coefficient (Wildman–Crippen LogP) is 10.1. The first kappa shape index (κ1) is 29.8. The third-order valence-corrected chi connectivity index (χ3v) is 8.07. The summed E-state index contributed by atoms with van der Waals surface area (Å²) >= 11 is 0. The lowest BCUT2D eigenvalue weighted by atomic mass is 10.0. The van der Waals surface area contributed by atoms with Crippen molar-refractivity contribution < 1.29 is 9.85 Å². The Kier molecular flexibility index (Phi) is 7.99. The molecule has 6 aromatic carbocycles. The highest BCUT2D eigenvalue weighted by Crippen LogP contribution is 2.40. The molecule has 0 aliphatic rings. The van der Waals surface area contributed by atoms with Gasteiger partial charge in [0.25, 0.3) is 11.4 Å². The summed E-state index contributed by atoms with van der Waals surface area (Å²) in [4.78, 5) is 24.1. The second kappa shape index (κ2) is 12.9. The number of hydrogen-bond donors (Lipinski definition) is 0. The Morgan fingerprint density at radius 3 is 1.31 bits per heavy atom. The van der Waals surface area contributed by atoms with Crippen LogP contribution in [0.25, 0.3) is 33.3 Å². The Labute approximate surface area is 275 Å². The molecule has 0 saturated heterocycles. The number of rotatable bonds is 9. The number of nitro benzene ring substituents is 2. The van der Waals surface area contributed by atoms with Gasteiger partial charge in [0, 0.05) is 63.2 Å². The van der Waals surface area contributed by atoms with E-state index in [4.69, 9.17) is 5.10 Å². The molecule has 1 heterocycles. The first-order valence-electron chi connectivity index (χ1n) is 15.2. The summed E-state index contributed by atoms with van der Waals surface area (Å²) in [6, 6.07) is 48.9. The summed E-state index contributed by atoms with van der Waals surface area (Å²) in [5.74, 6) is 0. The number of aromatic nitrogens is 1. The van der Waals surface area contributed by atoms with Crippen molar-refractivity contribution in [2.24, 2.45) is 5.10 Å². The van der Waals surface area contributed by atoms with E-state index in [-0.39, 0.29) is 11.4 Å². The summed E-state index contributed by atoms with van der Waals surface area (Å²) in [5.41, 5.74) is 6.81. The lowest BCUT2D eigenvalue weighted by Gasteiger charge is -2.25. The van der Waals surface area contributed by atoms with Crippen LogP contribution in [0, 0.1) is 20.2 Å². The molecule has 7 aromatic rings. The molecule has 9 heteroatoms. The molecule has 0 spiro atoms. The number of anilines is 3. The Balaban J connectivity index is 1.34. The minimum atomic E-state index is -0.429. The largest absolute Gasteiger partial charge is 0.311 e. The molecular formula is C39H27N5O4. The van der Waals surface area contributed by atoms with E-state index < -0.39 is 9.85 Å². The van der Waals surface area contributed by atoms with Crippen LogP contribution < -0.4 is 4.90 Å². The highest BCUT2D eigenvalue weighted by Gasteiger charge is 2.21. The Morgan fingerprint density at radius 1 is 0.500 bits per heavy atom. The fourth-order valence-electron chi connectivity index (χ4n) is 5.82. The van der Waals surface area contributed by atoms with Gasteiger partial charge in [0.15, 0.2) is 0 Å². The second-order valence-corrected chi connectivity index (χ2v) is 11.0. The minimum Gasteiger partial charge on any atom is -0.311 e. The highest BCUT2D eigenvalue weighted by molar-refractivity contribution is 6.05. The summed E-state index contributed by atoms with van der Waals surface area (Å²) in [6.07, 6.45) is 1.77. The average Bonchev–Trinajstić information content (AvgIpc) is 3.46. The number of non-ortho nitro benzene ring substituents is 2. The van der Waals surface area contributed by atoms with E-state index in [2.05, 4.69) is 29.2 Å². The van der Waals surface area contributed by atoms with E-state index in [1.54, 1.807) is 35.2 Å². The predicted molar refractivity (Wildman–Crippen MR) is 190 cm³/mol. The number of hydrogen-bond acceptors (Lipinski definition) is 6. The van der Waals surface area contributed by atoms with Gasteiger partial charge in [-0.25, -0.2) is 4.68 Å². The van der Waals surface area contributed by atoms with E-state index in [0.717, 1.165) is 55.9 Å². The van der Waals surface area contributed by atoms with Gasteiger partial charge >= 0.3 is 0 Å². The first-order chi connectivity index (χ1) is 23.5. The third-order valence-electron chi connectivity index (χ3n) is 8.07. The lowest BCUT2D eigenvalue weighted by Crippen LogP contribution is -2.09. The molecular weight excluding hydrogens is 602 g/mol. The fraction of sp³-hybridized carbons (Fsp3) is 0. The normalized spacial score (nSPS) is 11.2. The van der Waals surface area contributed by atoms with Crippen molar-refractivity contribution in [1.82, 2.24) is 4.68 Å². The van der Waals surface area contributed by atoms with Gasteiger partial charge < -0.3 is 4.90 Å². The van der Waals surface area contributed by atoms with E-state index in [0.29, 0.717) is 0 Å². The summed E-state index contributed by atoms with van der Waals surface area (Å²) in [6.45, 7) is 0. The molecule has 232 valence electrons. The number of para-hydroxylation sites is 2. The van der Waals surface area contributed by atoms with Crippen molar-refractivity contribution in [2.45, 2.75) is 0 Å². The van der Waals surface area contributed by atoms with E-state index in [1.807, 2.05) is 84.9 Å². The van der Waals surface area contributed by atoms with Crippen molar-refractivity contribution in [2.75, 3.05) is 4.90 Å².